The summed E-state index contributed by atoms with van der Waals surface area (Å²) in [5.41, 5.74) is 0.577. The van der Waals surface area contributed by atoms with Crippen molar-refractivity contribution in [2.24, 2.45) is 0 Å². The van der Waals surface area contributed by atoms with Crippen molar-refractivity contribution in [3.63, 3.8) is 0 Å². The van der Waals surface area contributed by atoms with E-state index in [4.69, 9.17) is 16.3 Å². The Hall–Kier alpha value is -3.60. The molecule has 1 N–H and O–H groups in total. The number of aromatic nitrogens is 4. The smallest absolute Gasteiger partial charge is 0.420 e. The van der Waals surface area contributed by atoms with Crippen molar-refractivity contribution >= 4 is 29.5 Å². The molecule has 1 atom stereocenters. The second kappa shape index (κ2) is 8.26. The van der Waals surface area contributed by atoms with Gasteiger partial charge in [-0.2, -0.15) is 4.98 Å². The Morgan fingerprint density at radius 2 is 2.10 bits per heavy atom. The van der Waals surface area contributed by atoms with E-state index in [1.54, 1.807) is 19.2 Å². The summed E-state index contributed by atoms with van der Waals surface area (Å²) < 4.78 is 47.5. The molecule has 0 radical (unpaired) electrons. The third kappa shape index (κ3) is 4.04. The molecule has 0 bridgehead atoms. The van der Waals surface area contributed by atoms with Crippen LogP contribution in [0.4, 0.5) is 29.7 Å². The van der Waals surface area contributed by atoms with Gasteiger partial charge < -0.3 is 14.6 Å². The van der Waals surface area contributed by atoms with Gasteiger partial charge in [0.1, 0.15) is 18.8 Å². The number of anilines is 2. The lowest BCUT2D eigenvalue weighted by Crippen LogP contribution is -2.25. The number of benzene rings is 1. The zero-order valence-electron chi connectivity index (χ0n) is 15.9. The molecule has 3 heterocycles. The molecule has 31 heavy (non-hydrogen) atoms. The summed E-state index contributed by atoms with van der Waals surface area (Å²) in [6.45, 7) is 1.39. The number of hydrogen-bond acceptors (Lipinski definition) is 6. The van der Waals surface area contributed by atoms with E-state index in [1.807, 2.05) is 0 Å². The molecule has 1 aliphatic rings. The second-order valence-corrected chi connectivity index (χ2v) is 6.96. The molecule has 160 valence electrons. The molecule has 0 aliphatic carbocycles. The second-order valence-electron chi connectivity index (χ2n) is 6.52. The lowest BCUT2D eigenvalue weighted by Gasteiger charge is -2.16. The summed E-state index contributed by atoms with van der Waals surface area (Å²) in [5, 5.41) is 3.19. The van der Waals surface area contributed by atoms with Crippen molar-refractivity contribution in [1.29, 1.82) is 0 Å². The first-order valence-electron chi connectivity index (χ1n) is 8.92. The van der Waals surface area contributed by atoms with Crippen LogP contribution < -0.4 is 10.2 Å². The molecule has 1 aromatic carbocycles. The maximum atomic E-state index is 14.2. The highest BCUT2D eigenvalue weighted by atomic mass is 35.5. The number of carbonyl (C=O) groups is 1. The summed E-state index contributed by atoms with van der Waals surface area (Å²) in [6, 6.07) is 3.78. The van der Waals surface area contributed by atoms with Gasteiger partial charge in [-0.05, 0) is 25.1 Å². The summed E-state index contributed by atoms with van der Waals surface area (Å²) in [4.78, 5) is 24.6. The van der Waals surface area contributed by atoms with Gasteiger partial charge in [-0.25, -0.2) is 32.8 Å². The number of halogens is 4. The molecule has 0 saturated carbocycles. The van der Waals surface area contributed by atoms with Gasteiger partial charge in [-0.15, -0.1) is 0 Å². The minimum atomic E-state index is -0.954. The van der Waals surface area contributed by atoms with Crippen LogP contribution >= 0.6 is 11.6 Å². The van der Waals surface area contributed by atoms with Crippen LogP contribution in [0.3, 0.4) is 0 Å². The fourth-order valence-electron chi connectivity index (χ4n) is 2.92. The quantitative estimate of drug-likeness (QED) is 0.614. The van der Waals surface area contributed by atoms with E-state index in [0.717, 1.165) is 6.20 Å². The Bertz CT molecular complexity index is 1190. The first kappa shape index (κ1) is 20.7. The summed E-state index contributed by atoms with van der Waals surface area (Å²) in [6.07, 6.45) is 3.06. The van der Waals surface area contributed by atoms with Crippen LogP contribution in [0.1, 0.15) is 18.7 Å². The number of cyclic esters (lactones) is 1. The molecule has 8 nitrogen and oxygen atoms in total. The number of nitrogens with zero attached hydrogens (tertiary/aromatic N) is 5. The lowest BCUT2D eigenvalue weighted by atomic mass is 10.2. The molecule has 12 heteroatoms. The lowest BCUT2D eigenvalue weighted by molar-refractivity contribution is 0.182. The number of carbonyl (C=O) groups excluding carboxylic acids is 1. The van der Waals surface area contributed by atoms with Crippen LogP contribution in [0.5, 0.6) is 0 Å². The molecule has 1 aliphatic heterocycles. The minimum Gasteiger partial charge on any atom is -0.442 e. The molecule has 2 aromatic heterocycles. The number of nitrogens with one attached hydrogen (secondary N) is 1. The topological polar surface area (TPSA) is 85.2 Å². The average Bonchev–Trinajstić information content (AvgIpc) is 3.36. The minimum absolute atomic E-state index is 0.0333. The first-order chi connectivity index (χ1) is 14.9. The van der Waals surface area contributed by atoms with Gasteiger partial charge in [-0.1, -0.05) is 11.6 Å². The van der Waals surface area contributed by atoms with E-state index < -0.39 is 29.6 Å². The maximum absolute atomic E-state index is 14.2. The third-order valence-corrected chi connectivity index (χ3v) is 4.69. The van der Waals surface area contributed by atoms with Gasteiger partial charge in [-0.3, -0.25) is 0 Å². The standard InChI is InChI=1S/C19H14ClF3N6O2/c1-10(15-7-28(9-25-15)16-3-2-11(20)4-13(16)22)26-18-24-6-14(23)17(27-18)29-12(5-21)8-31-19(29)30/h2-7,9-10H,8H2,1H3,(H,24,26,27)/b12-5-/t10-/m0/s1. The zero-order chi connectivity index (χ0) is 22.1. The fraction of sp³-hybridized carbons (Fsp3) is 0.158. The molecule has 3 aromatic rings. The molecular weight excluding hydrogens is 437 g/mol. The van der Waals surface area contributed by atoms with Crippen molar-refractivity contribution in [1.82, 2.24) is 19.5 Å². The normalized spacial score (nSPS) is 16.0. The summed E-state index contributed by atoms with van der Waals surface area (Å²) in [5.74, 6) is -1.93. The molecular formula is C19H14ClF3N6O2. The van der Waals surface area contributed by atoms with Gasteiger partial charge in [0.25, 0.3) is 0 Å². The van der Waals surface area contributed by atoms with Crippen LogP contribution in [0.15, 0.2) is 48.9 Å². The molecule has 1 fully saturated rings. The van der Waals surface area contributed by atoms with Crippen LogP contribution in [0.25, 0.3) is 5.69 Å². The van der Waals surface area contributed by atoms with Crippen LogP contribution in [-0.4, -0.2) is 32.2 Å². The maximum Gasteiger partial charge on any atom is 0.420 e. The number of ether oxygens (including phenoxy) is 1. The molecule has 1 amide bonds. The Kier molecular flexibility index (Phi) is 5.51. The number of imidazole rings is 1. The van der Waals surface area contributed by atoms with E-state index in [-0.39, 0.29) is 35.3 Å². The fourth-order valence-corrected chi connectivity index (χ4v) is 3.08. The van der Waals surface area contributed by atoms with Crippen molar-refractivity contribution in [3.05, 3.63) is 71.3 Å². The Morgan fingerprint density at radius 3 is 2.84 bits per heavy atom. The summed E-state index contributed by atoms with van der Waals surface area (Å²) in [7, 11) is 0. The van der Waals surface area contributed by atoms with E-state index in [1.165, 1.54) is 23.0 Å². The number of amides is 1. The van der Waals surface area contributed by atoms with Gasteiger partial charge in [0.05, 0.1) is 35.6 Å². The third-order valence-electron chi connectivity index (χ3n) is 4.46. The van der Waals surface area contributed by atoms with Crippen LogP contribution in [0, 0.1) is 11.6 Å². The van der Waals surface area contributed by atoms with Gasteiger partial charge in [0.15, 0.2) is 11.6 Å². The molecule has 0 unspecified atom stereocenters. The van der Waals surface area contributed by atoms with E-state index in [0.29, 0.717) is 10.6 Å². The predicted molar refractivity (Wildman–Crippen MR) is 106 cm³/mol. The highest BCUT2D eigenvalue weighted by Gasteiger charge is 2.33. The Morgan fingerprint density at radius 1 is 1.29 bits per heavy atom. The number of hydrogen-bond donors (Lipinski definition) is 1. The zero-order valence-corrected chi connectivity index (χ0v) is 16.6. The van der Waals surface area contributed by atoms with Crippen LogP contribution in [-0.2, 0) is 4.74 Å². The summed E-state index contributed by atoms with van der Waals surface area (Å²) >= 11 is 5.78. The van der Waals surface area contributed by atoms with Crippen molar-refractivity contribution in [2.75, 3.05) is 16.8 Å². The molecule has 0 spiro atoms. The van der Waals surface area contributed by atoms with Crippen molar-refractivity contribution < 1.29 is 22.7 Å². The van der Waals surface area contributed by atoms with E-state index in [2.05, 4.69) is 20.3 Å². The highest BCUT2D eigenvalue weighted by Crippen LogP contribution is 2.28. The predicted octanol–water partition coefficient (Wildman–Crippen LogP) is 4.53. The average molecular weight is 451 g/mol. The monoisotopic (exact) mass is 450 g/mol. The van der Waals surface area contributed by atoms with Gasteiger partial charge in [0, 0.05) is 11.2 Å². The Labute approximate surface area is 179 Å². The SMILES string of the molecule is C[C@H](Nc1ncc(F)c(N2C(=O)OC/C2=C/F)n1)c1cn(-c2ccc(Cl)cc2F)cn1. The van der Waals surface area contributed by atoms with Crippen LogP contribution in [0.2, 0.25) is 5.02 Å². The molecule has 4 rings (SSSR count). The highest BCUT2D eigenvalue weighted by molar-refractivity contribution is 6.30. The molecule has 1 saturated heterocycles. The van der Waals surface area contributed by atoms with Crippen molar-refractivity contribution in [3.8, 4) is 5.69 Å². The Balaban J connectivity index is 1.56. The van der Waals surface area contributed by atoms with E-state index >= 15 is 0 Å². The van der Waals surface area contributed by atoms with Gasteiger partial charge >= 0.3 is 6.09 Å². The van der Waals surface area contributed by atoms with Gasteiger partial charge in [0.2, 0.25) is 5.95 Å². The first-order valence-corrected chi connectivity index (χ1v) is 9.29. The number of rotatable bonds is 5. The largest absolute Gasteiger partial charge is 0.442 e. The van der Waals surface area contributed by atoms with E-state index in [9.17, 15) is 18.0 Å². The van der Waals surface area contributed by atoms with Crippen molar-refractivity contribution in [2.45, 2.75) is 13.0 Å².